The van der Waals surface area contributed by atoms with Crippen LogP contribution in [0.3, 0.4) is 0 Å². The Hall–Kier alpha value is -5.32. The molecule has 0 aliphatic rings. The number of pyridine rings is 2. The van der Waals surface area contributed by atoms with Crippen molar-refractivity contribution in [3.8, 4) is 45.4 Å². The fraction of sp³-hybridized carbons (Fsp3) is 0.140. The number of para-hydroxylation sites is 1. The third kappa shape index (κ3) is 5.84. The first-order chi connectivity index (χ1) is 23.7. The molecule has 4 aromatic heterocycles. The molecular formula is C43H35N5OPt. The van der Waals surface area contributed by atoms with E-state index in [1.165, 1.54) is 16.7 Å². The summed E-state index contributed by atoms with van der Waals surface area (Å²) in [5.41, 5.74) is 13.8. The van der Waals surface area contributed by atoms with Crippen LogP contribution in [0.2, 0.25) is 0 Å². The molecule has 0 atom stereocenters. The number of benzene rings is 4. The van der Waals surface area contributed by atoms with Crippen LogP contribution in [0.25, 0.3) is 55.7 Å². The summed E-state index contributed by atoms with van der Waals surface area (Å²) in [6.45, 7) is 12.7. The van der Waals surface area contributed by atoms with E-state index in [-0.39, 0.29) is 21.1 Å². The van der Waals surface area contributed by atoms with Crippen LogP contribution in [0.1, 0.15) is 33.5 Å². The first kappa shape index (κ1) is 33.2. The van der Waals surface area contributed by atoms with E-state index < -0.39 is 0 Å². The predicted octanol–water partition coefficient (Wildman–Crippen LogP) is 10.3. The standard InChI is InChI=1S/C43H35N5O.Pt/c1-26-15-17-45-41(20-26)47-39-12-8-7-11-37(39)38-14-13-35(24-40(38)47)49-36-19-27(2)18-34(23-36)48-43(32-10-9-16-44-25-32)42(31(6)46-48)33-21-28(3)30(5)29(4)22-33;/h7-22,25H,1-6H3;/q-2;+2. The Morgan fingerprint density at radius 3 is 2.24 bits per heavy atom. The van der Waals surface area contributed by atoms with Gasteiger partial charge in [0.25, 0.3) is 0 Å². The van der Waals surface area contributed by atoms with E-state index in [0.717, 1.165) is 72.5 Å². The maximum Gasteiger partial charge on any atom is 2.00 e. The van der Waals surface area contributed by atoms with Crippen molar-refractivity contribution in [1.82, 2.24) is 24.3 Å². The molecule has 0 N–H and O–H groups in total. The van der Waals surface area contributed by atoms with Crippen LogP contribution in [0.15, 0.2) is 104 Å². The van der Waals surface area contributed by atoms with Crippen molar-refractivity contribution >= 4 is 21.8 Å². The van der Waals surface area contributed by atoms with E-state index in [2.05, 4.69) is 124 Å². The molecule has 50 heavy (non-hydrogen) atoms. The summed E-state index contributed by atoms with van der Waals surface area (Å²) in [5.74, 6) is 2.01. The molecule has 6 nitrogen and oxygen atoms in total. The summed E-state index contributed by atoms with van der Waals surface area (Å²) in [7, 11) is 0. The van der Waals surface area contributed by atoms with Gasteiger partial charge in [0.1, 0.15) is 5.82 Å². The van der Waals surface area contributed by atoms with Crippen molar-refractivity contribution in [3.63, 3.8) is 0 Å². The predicted molar refractivity (Wildman–Crippen MR) is 197 cm³/mol. The smallest absolute Gasteiger partial charge is 0.509 e. The molecule has 0 aliphatic carbocycles. The van der Waals surface area contributed by atoms with Gasteiger partial charge in [0.05, 0.1) is 11.4 Å². The molecule has 0 radical (unpaired) electrons. The summed E-state index contributed by atoms with van der Waals surface area (Å²) >= 11 is 0. The first-order valence-electron chi connectivity index (χ1n) is 16.4. The van der Waals surface area contributed by atoms with E-state index >= 15 is 0 Å². The number of nitrogens with zero attached hydrogens (tertiary/aromatic N) is 5. The molecule has 0 saturated heterocycles. The topological polar surface area (TPSA) is 57.8 Å². The molecule has 0 unspecified atom stereocenters. The number of aryl methyl sites for hydroxylation is 5. The number of hydrogen-bond acceptors (Lipinski definition) is 4. The molecule has 8 rings (SSSR count). The zero-order chi connectivity index (χ0) is 33.8. The van der Waals surface area contributed by atoms with Crippen LogP contribution in [0.5, 0.6) is 11.5 Å². The molecule has 8 aromatic rings. The van der Waals surface area contributed by atoms with Gasteiger partial charge < -0.3 is 9.30 Å². The average molecular weight is 833 g/mol. The number of aromatic nitrogens is 5. The molecule has 0 bridgehead atoms. The van der Waals surface area contributed by atoms with Gasteiger partial charge in [0, 0.05) is 46.7 Å². The minimum Gasteiger partial charge on any atom is -0.509 e. The Labute approximate surface area is 306 Å². The van der Waals surface area contributed by atoms with Crippen molar-refractivity contribution in [1.29, 1.82) is 0 Å². The average Bonchev–Trinajstić information content (AvgIpc) is 3.61. The van der Waals surface area contributed by atoms with Crippen LogP contribution in [-0.2, 0) is 21.1 Å². The Kier molecular flexibility index (Phi) is 8.75. The van der Waals surface area contributed by atoms with Gasteiger partial charge in [-0.1, -0.05) is 42.8 Å². The molecule has 248 valence electrons. The second kappa shape index (κ2) is 13.2. The van der Waals surface area contributed by atoms with Gasteiger partial charge >= 0.3 is 21.1 Å². The largest absolute Gasteiger partial charge is 2.00 e. The van der Waals surface area contributed by atoms with Crippen molar-refractivity contribution in [3.05, 3.63) is 149 Å². The Morgan fingerprint density at radius 1 is 0.680 bits per heavy atom. The maximum atomic E-state index is 6.55. The third-order valence-corrected chi connectivity index (χ3v) is 9.32. The molecule has 7 heteroatoms. The van der Waals surface area contributed by atoms with Crippen molar-refractivity contribution in [2.75, 3.05) is 0 Å². The SMILES string of the molecule is Cc1cc(Oc2[c-]c3c(cc2)c2ccccc2n3-c2cc(C)ccn2)[c-]c(-n2nc(C)c(-c3cc(C)c(C)c(C)c3)c2-c2cccnc2)c1.[Pt+2]. The summed E-state index contributed by atoms with van der Waals surface area (Å²) in [6.07, 6.45) is 5.53. The van der Waals surface area contributed by atoms with Gasteiger partial charge in [-0.15, -0.1) is 35.7 Å². The van der Waals surface area contributed by atoms with Gasteiger partial charge in [0.2, 0.25) is 0 Å². The summed E-state index contributed by atoms with van der Waals surface area (Å²) < 4.78 is 10.7. The van der Waals surface area contributed by atoms with Gasteiger partial charge in [-0.3, -0.25) is 9.67 Å². The normalized spacial score (nSPS) is 11.2. The van der Waals surface area contributed by atoms with Crippen LogP contribution in [-0.4, -0.2) is 24.3 Å². The monoisotopic (exact) mass is 832 g/mol. The van der Waals surface area contributed by atoms with Crippen LogP contribution in [0.4, 0.5) is 0 Å². The molecule has 0 amide bonds. The van der Waals surface area contributed by atoms with Crippen LogP contribution >= 0.6 is 0 Å². The number of rotatable bonds is 6. The zero-order valence-electron chi connectivity index (χ0n) is 28.8. The third-order valence-electron chi connectivity index (χ3n) is 9.32. The summed E-state index contributed by atoms with van der Waals surface area (Å²) in [5, 5.41) is 7.33. The summed E-state index contributed by atoms with van der Waals surface area (Å²) in [6, 6.07) is 36.3. The number of hydrogen-bond donors (Lipinski definition) is 0. The van der Waals surface area contributed by atoms with Gasteiger partial charge in [-0.2, -0.15) is 16.7 Å². The van der Waals surface area contributed by atoms with Crippen molar-refractivity contribution < 1.29 is 25.8 Å². The van der Waals surface area contributed by atoms with Crippen LogP contribution < -0.4 is 4.74 Å². The van der Waals surface area contributed by atoms with E-state index in [9.17, 15) is 0 Å². The van der Waals surface area contributed by atoms with Crippen LogP contribution in [0, 0.1) is 53.7 Å². The molecule has 4 heterocycles. The van der Waals surface area contributed by atoms with Crippen molar-refractivity contribution in [2.24, 2.45) is 0 Å². The molecule has 0 saturated carbocycles. The minimum absolute atomic E-state index is 0. The summed E-state index contributed by atoms with van der Waals surface area (Å²) in [4.78, 5) is 9.18. The Balaban J connectivity index is 0.00000392. The first-order valence-corrected chi connectivity index (χ1v) is 16.4. The molecule has 0 spiro atoms. The van der Waals surface area contributed by atoms with Gasteiger partial charge in [0.15, 0.2) is 0 Å². The fourth-order valence-corrected chi connectivity index (χ4v) is 6.76. The fourth-order valence-electron chi connectivity index (χ4n) is 6.76. The molecule has 0 fully saturated rings. The van der Waals surface area contributed by atoms with E-state index in [1.54, 1.807) is 6.20 Å². The van der Waals surface area contributed by atoms with E-state index in [0.29, 0.717) is 11.5 Å². The van der Waals surface area contributed by atoms with E-state index in [4.69, 9.17) is 14.8 Å². The Bertz CT molecular complexity index is 2520. The second-order valence-corrected chi connectivity index (χ2v) is 12.8. The van der Waals surface area contributed by atoms with Gasteiger partial charge in [-0.25, -0.2) is 4.98 Å². The second-order valence-electron chi connectivity index (χ2n) is 12.8. The quantitative estimate of drug-likeness (QED) is 0.157. The van der Waals surface area contributed by atoms with E-state index in [1.807, 2.05) is 41.3 Å². The molecule has 0 aliphatic heterocycles. The van der Waals surface area contributed by atoms with Crippen molar-refractivity contribution in [2.45, 2.75) is 41.5 Å². The zero-order valence-corrected chi connectivity index (χ0v) is 31.0. The molecule has 4 aromatic carbocycles. The number of ether oxygens (including phenoxy) is 1. The van der Waals surface area contributed by atoms with Gasteiger partial charge in [-0.05, 0) is 104 Å². The maximum absolute atomic E-state index is 6.55. The molecular weight excluding hydrogens is 798 g/mol. The number of fused-ring (bicyclic) bond motifs is 3. The Morgan fingerprint density at radius 2 is 1.48 bits per heavy atom. The minimum atomic E-state index is 0.